The van der Waals surface area contributed by atoms with E-state index in [0.29, 0.717) is 0 Å². The Kier molecular flexibility index (Phi) is 13.4. The number of rotatable bonds is 13. The largest absolute Gasteiger partial charge is 0.393 e. The molecule has 2 atom stereocenters. The molecule has 110 valence electrons. The summed E-state index contributed by atoms with van der Waals surface area (Å²) < 4.78 is 0. The molecule has 0 spiro atoms. The molecule has 0 bridgehead atoms. The van der Waals surface area contributed by atoms with Gasteiger partial charge >= 0.3 is 0 Å². The van der Waals surface area contributed by atoms with Gasteiger partial charge < -0.3 is 5.11 Å². The Balaban J connectivity index is 3.46. The van der Waals surface area contributed by atoms with Crippen molar-refractivity contribution in [2.24, 2.45) is 5.92 Å². The summed E-state index contributed by atoms with van der Waals surface area (Å²) in [6.45, 7) is 6.77. The standard InChI is InChI=1S/C17H36O/c1-4-7-9-10-11-12-14-17(18)15-16(6-3)13-8-5-2/h16-18H,4-15H2,1-3H3. The SMILES string of the molecule is CCCCCCCCC(O)CC(CC)CCCC. The molecule has 0 aromatic rings. The van der Waals surface area contributed by atoms with Gasteiger partial charge in [0, 0.05) is 0 Å². The van der Waals surface area contributed by atoms with Crippen molar-refractivity contribution in [3.8, 4) is 0 Å². The second kappa shape index (κ2) is 13.4. The van der Waals surface area contributed by atoms with E-state index >= 15 is 0 Å². The van der Waals surface area contributed by atoms with Crippen molar-refractivity contribution in [3.63, 3.8) is 0 Å². The van der Waals surface area contributed by atoms with Crippen LogP contribution in [-0.2, 0) is 0 Å². The highest BCUT2D eigenvalue weighted by atomic mass is 16.3. The average molecular weight is 256 g/mol. The van der Waals surface area contributed by atoms with Crippen LogP contribution < -0.4 is 0 Å². The van der Waals surface area contributed by atoms with Crippen LogP contribution in [0.4, 0.5) is 0 Å². The van der Waals surface area contributed by atoms with Crippen LogP contribution >= 0.6 is 0 Å². The predicted octanol–water partition coefficient (Wildman–Crippen LogP) is 5.70. The molecular formula is C17H36O. The van der Waals surface area contributed by atoms with Gasteiger partial charge in [0.2, 0.25) is 0 Å². The highest BCUT2D eigenvalue weighted by molar-refractivity contribution is 4.64. The fourth-order valence-corrected chi connectivity index (χ4v) is 2.64. The van der Waals surface area contributed by atoms with Crippen molar-refractivity contribution >= 4 is 0 Å². The summed E-state index contributed by atoms with van der Waals surface area (Å²) in [4.78, 5) is 0. The zero-order valence-corrected chi connectivity index (χ0v) is 13.1. The van der Waals surface area contributed by atoms with Gasteiger partial charge in [-0.05, 0) is 18.8 Å². The highest BCUT2D eigenvalue weighted by Crippen LogP contribution is 2.21. The maximum Gasteiger partial charge on any atom is 0.0542 e. The van der Waals surface area contributed by atoms with Gasteiger partial charge in [0.15, 0.2) is 0 Å². The normalized spacial score (nSPS) is 14.7. The fraction of sp³-hybridized carbons (Fsp3) is 1.00. The topological polar surface area (TPSA) is 20.2 Å². The quantitative estimate of drug-likeness (QED) is 0.419. The lowest BCUT2D eigenvalue weighted by Crippen LogP contribution is -2.13. The Morgan fingerprint density at radius 1 is 0.722 bits per heavy atom. The van der Waals surface area contributed by atoms with E-state index in [-0.39, 0.29) is 6.10 Å². The van der Waals surface area contributed by atoms with Crippen molar-refractivity contribution in [3.05, 3.63) is 0 Å². The Morgan fingerprint density at radius 2 is 1.33 bits per heavy atom. The maximum atomic E-state index is 10.1. The first-order valence-electron chi connectivity index (χ1n) is 8.42. The van der Waals surface area contributed by atoms with Crippen LogP contribution in [0.2, 0.25) is 0 Å². The van der Waals surface area contributed by atoms with Crippen LogP contribution in [0, 0.1) is 5.92 Å². The third kappa shape index (κ3) is 11.1. The second-order valence-corrected chi connectivity index (χ2v) is 5.86. The van der Waals surface area contributed by atoms with Crippen molar-refractivity contribution in [2.75, 3.05) is 0 Å². The van der Waals surface area contributed by atoms with E-state index in [1.165, 1.54) is 64.2 Å². The molecule has 1 heteroatoms. The van der Waals surface area contributed by atoms with Gasteiger partial charge in [0.05, 0.1) is 6.10 Å². The van der Waals surface area contributed by atoms with Crippen molar-refractivity contribution in [1.29, 1.82) is 0 Å². The fourth-order valence-electron chi connectivity index (χ4n) is 2.64. The van der Waals surface area contributed by atoms with Gasteiger partial charge in [-0.3, -0.25) is 0 Å². The Labute approximate surface area is 115 Å². The average Bonchev–Trinajstić information content (AvgIpc) is 2.38. The van der Waals surface area contributed by atoms with Crippen LogP contribution in [0.15, 0.2) is 0 Å². The first kappa shape index (κ1) is 18.0. The third-order valence-corrected chi connectivity index (χ3v) is 4.04. The first-order valence-corrected chi connectivity index (χ1v) is 8.42. The van der Waals surface area contributed by atoms with E-state index in [1.54, 1.807) is 0 Å². The van der Waals surface area contributed by atoms with Crippen LogP contribution in [-0.4, -0.2) is 11.2 Å². The van der Waals surface area contributed by atoms with E-state index in [0.717, 1.165) is 18.8 Å². The minimum atomic E-state index is -0.0435. The molecule has 0 fully saturated rings. The number of aliphatic hydroxyl groups excluding tert-OH is 1. The molecular weight excluding hydrogens is 220 g/mol. The summed E-state index contributed by atoms with van der Waals surface area (Å²) in [6.07, 6.45) is 15.1. The van der Waals surface area contributed by atoms with Gasteiger partial charge in [-0.2, -0.15) is 0 Å². The molecule has 0 amide bonds. The zero-order valence-electron chi connectivity index (χ0n) is 13.1. The van der Waals surface area contributed by atoms with E-state index in [4.69, 9.17) is 0 Å². The molecule has 0 aliphatic rings. The molecule has 0 rings (SSSR count). The van der Waals surface area contributed by atoms with Gasteiger partial charge in [0.25, 0.3) is 0 Å². The molecule has 0 aromatic heterocycles. The van der Waals surface area contributed by atoms with Crippen LogP contribution in [0.1, 0.15) is 97.8 Å². The van der Waals surface area contributed by atoms with Gasteiger partial charge in [-0.15, -0.1) is 0 Å². The number of unbranched alkanes of at least 4 members (excludes halogenated alkanes) is 6. The van der Waals surface area contributed by atoms with Crippen molar-refractivity contribution in [2.45, 2.75) is 104 Å². The summed E-state index contributed by atoms with van der Waals surface area (Å²) in [6, 6.07) is 0. The number of aliphatic hydroxyl groups is 1. The molecule has 0 aliphatic heterocycles. The number of hydrogen-bond donors (Lipinski definition) is 1. The summed E-state index contributed by atoms with van der Waals surface area (Å²) in [5, 5.41) is 10.1. The monoisotopic (exact) mass is 256 g/mol. The zero-order chi connectivity index (χ0) is 13.6. The molecule has 2 unspecified atom stereocenters. The highest BCUT2D eigenvalue weighted by Gasteiger charge is 2.12. The molecule has 0 heterocycles. The van der Waals surface area contributed by atoms with Crippen LogP contribution in [0.5, 0.6) is 0 Å². The van der Waals surface area contributed by atoms with E-state index < -0.39 is 0 Å². The molecule has 0 saturated heterocycles. The summed E-state index contributed by atoms with van der Waals surface area (Å²) in [7, 11) is 0. The van der Waals surface area contributed by atoms with Crippen LogP contribution in [0.25, 0.3) is 0 Å². The Hall–Kier alpha value is -0.0400. The molecule has 1 N–H and O–H groups in total. The minimum Gasteiger partial charge on any atom is -0.393 e. The Morgan fingerprint density at radius 3 is 1.94 bits per heavy atom. The molecule has 0 aromatic carbocycles. The summed E-state index contributed by atoms with van der Waals surface area (Å²) >= 11 is 0. The number of hydrogen-bond acceptors (Lipinski definition) is 1. The lowest BCUT2D eigenvalue weighted by molar-refractivity contribution is 0.125. The predicted molar refractivity (Wildman–Crippen MR) is 81.9 cm³/mol. The minimum absolute atomic E-state index is 0.0435. The molecule has 0 radical (unpaired) electrons. The lowest BCUT2D eigenvalue weighted by atomic mass is 9.91. The lowest BCUT2D eigenvalue weighted by Gasteiger charge is -2.18. The molecule has 0 aliphatic carbocycles. The summed E-state index contributed by atoms with van der Waals surface area (Å²) in [5.74, 6) is 0.750. The van der Waals surface area contributed by atoms with E-state index in [9.17, 15) is 5.11 Å². The Bertz CT molecular complexity index is 156. The second-order valence-electron chi connectivity index (χ2n) is 5.86. The summed E-state index contributed by atoms with van der Waals surface area (Å²) in [5.41, 5.74) is 0. The first-order chi connectivity index (χ1) is 8.74. The van der Waals surface area contributed by atoms with Gasteiger partial charge in [-0.25, -0.2) is 0 Å². The van der Waals surface area contributed by atoms with Crippen molar-refractivity contribution < 1.29 is 5.11 Å². The smallest absolute Gasteiger partial charge is 0.0542 e. The van der Waals surface area contributed by atoms with Crippen molar-refractivity contribution in [1.82, 2.24) is 0 Å². The van der Waals surface area contributed by atoms with E-state index in [2.05, 4.69) is 20.8 Å². The van der Waals surface area contributed by atoms with Gasteiger partial charge in [-0.1, -0.05) is 85.0 Å². The van der Waals surface area contributed by atoms with E-state index in [1.807, 2.05) is 0 Å². The third-order valence-electron chi connectivity index (χ3n) is 4.04. The molecule has 1 nitrogen and oxygen atoms in total. The van der Waals surface area contributed by atoms with Gasteiger partial charge in [0.1, 0.15) is 0 Å². The molecule has 0 saturated carbocycles. The molecule has 18 heavy (non-hydrogen) atoms. The van der Waals surface area contributed by atoms with Crippen LogP contribution in [0.3, 0.4) is 0 Å². The maximum absolute atomic E-state index is 10.1.